The van der Waals surface area contributed by atoms with E-state index in [9.17, 15) is 10.2 Å². The molecule has 0 radical (unpaired) electrons. The molecule has 0 aliphatic carbocycles. The molecule has 0 saturated carbocycles. The van der Waals surface area contributed by atoms with Gasteiger partial charge in [0.15, 0.2) is 0 Å². The Balaban J connectivity index is 2.31. The van der Waals surface area contributed by atoms with Gasteiger partial charge in [-0.2, -0.15) is 0 Å². The van der Waals surface area contributed by atoms with Crippen LogP contribution in [0, 0.1) is 0 Å². The smallest absolute Gasteiger partial charge is 0.119 e. The number of aromatic hydroxyl groups is 2. The lowest BCUT2D eigenvalue weighted by Gasteiger charge is -2.03. The van der Waals surface area contributed by atoms with E-state index in [1.165, 1.54) is 6.07 Å². The summed E-state index contributed by atoms with van der Waals surface area (Å²) in [7, 11) is 0. The van der Waals surface area contributed by atoms with Gasteiger partial charge in [-0.05, 0) is 37.0 Å². The van der Waals surface area contributed by atoms with Crippen LogP contribution in [0.4, 0.5) is 0 Å². The molecule has 3 heteroatoms. The lowest BCUT2D eigenvalue weighted by Crippen LogP contribution is -1.87. The second-order valence-corrected chi connectivity index (χ2v) is 3.75. The predicted octanol–water partition coefficient (Wildman–Crippen LogP) is 2.19. The van der Waals surface area contributed by atoms with E-state index in [0.29, 0.717) is 0 Å². The highest BCUT2D eigenvalue weighted by Crippen LogP contribution is 2.21. The third-order valence-corrected chi connectivity index (χ3v) is 2.34. The summed E-state index contributed by atoms with van der Waals surface area (Å²) in [4.78, 5) is 0. The van der Waals surface area contributed by atoms with Gasteiger partial charge in [0.25, 0.3) is 0 Å². The highest BCUT2D eigenvalue weighted by molar-refractivity contribution is 5.36. The first-order valence-corrected chi connectivity index (χ1v) is 5.35. The molecule has 0 heterocycles. The van der Waals surface area contributed by atoms with Gasteiger partial charge < -0.3 is 15.3 Å². The van der Waals surface area contributed by atoms with Gasteiger partial charge in [-0.3, -0.25) is 0 Å². The lowest BCUT2D eigenvalue weighted by molar-refractivity contribution is 0.282. The van der Waals surface area contributed by atoms with Gasteiger partial charge in [0.2, 0.25) is 0 Å². The highest BCUT2D eigenvalue weighted by Gasteiger charge is 1.99. The van der Waals surface area contributed by atoms with Crippen molar-refractivity contribution in [2.24, 2.45) is 0 Å². The van der Waals surface area contributed by atoms with Crippen LogP contribution in [0.15, 0.2) is 18.2 Å². The zero-order chi connectivity index (χ0) is 11.1. The molecule has 0 bridgehead atoms. The molecule has 0 saturated heterocycles. The molecule has 1 rings (SSSR count). The van der Waals surface area contributed by atoms with E-state index in [4.69, 9.17) is 5.11 Å². The monoisotopic (exact) mass is 210 g/mol. The van der Waals surface area contributed by atoms with Gasteiger partial charge in [0.05, 0.1) is 0 Å². The number of benzene rings is 1. The minimum absolute atomic E-state index is 0.111. The molecule has 0 aliphatic rings. The van der Waals surface area contributed by atoms with E-state index in [-0.39, 0.29) is 18.1 Å². The quantitative estimate of drug-likeness (QED) is 0.631. The van der Waals surface area contributed by atoms with Gasteiger partial charge in [-0.15, -0.1) is 0 Å². The molecule has 0 spiro atoms. The second kappa shape index (κ2) is 6.30. The van der Waals surface area contributed by atoms with Crippen LogP contribution < -0.4 is 0 Å². The van der Waals surface area contributed by atoms with E-state index in [0.717, 1.165) is 37.7 Å². The van der Waals surface area contributed by atoms with Crippen LogP contribution in [0.1, 0.15) is 31.2 Å². The number of hydrogen-bond donors (Lipinski definition) is 3. The molecule has 1 aromatic carbocycles. The topological polar surface area (TPSA) is 60.7 Å². The molecule has 0 unspecified atom stereocenters. The van der Waals surface area contributed by atoms with E-state index < -0.39 is 0 Å². The fourth-order valence-corrected chi connectivity index (χ4v) is 1.60. The number of aliphatic hydroxyl groups is 1. The summed E-state index contributed by atoms with van der Waals surface area (Å²) in [6, 6.07) is 4.67. The molecule has 0 aliphatic heterocycles. The number of phenols is 2. The number of aryl methyl sites for hydroxylation is 1. The maximum atomic E-state index is 9.24. The molecule has 0 aromatic heterocycles. The number of rotatable bonds is 6. The second-order valence-electron chi connectivity index (χ2n) is 3.75. The molecule has 3 N–H and O–H groups in total. The summed E-state index contributed by atoms with van der Waals surface area (Å²) in [5.74, 6) is 0.223. The van der Waals surface area contributed by atoms with Crippen molar-refractivity contribution in [2.75, 3.05) is 6.61 Å². The van der Waals surface area contributed by atoms with Crippen LogP contribution in [0.25, 0.3) is 0 Å². The van der Waals surface area contributed by atoms with E-state index in [1.54, 1.807) is 12.1 Å². The van der Waals surface area contributed by atoms with Gasteiger partial charge in [0.1, 0.15) is 11.5 Å². The molecule has 0 amide bonds. The summed E-state index contributed by atoms with van der Waals surface area (Å²) in [6.45, 7) is 0.257. The van der Waals surface area contributed by atoms with Crippen LogP contribution in [0.3, 0.4) is 0 Å². The Morgan fingerprint density at radius 1 is 0.800 bits per heavy atom. The van der Waals surface area contributed by atoms with Crippen molar-refractivity contribution in [3.8, 4) is 11.5 Å². The van der Waals surface area contributed by atoms with Gasteiger partial charge in [-0.1, -0.05) is 12.8 Å². The molecule has 3 nitrogen and oxygen atoms in total. The minimum Gasteiger partial charge on any atom is -0.508 e. The fourth-order valence-electron chi connectivity index (χ4n) is 1.60. The molecule has 0 fully saturated rings. The summed E-state index contributed by atoms with van der Waals surface area (Å²) >= 11 is 0. The summed E-state index contributed by atoms with van der Waals surface area (Å²) in [6.07, 6.45) is 4.82. The van der Waals surface area contributed by atoms with Crippen molar-refractivity contribution in [1.29, 1.82) is 0 Å². The Kier molecular flexibility index (Phi) is 4.98. The highest BCUT2D eigenvalue weighted by atomic mass is 16.3. The average Bonchev–Trinajstić information content (AvgIpc) is 2.16. The average molecular weight is 210 g/mol. The largest absolute Gasteiger partial charge is 0.508 e. The van der Waals surface area contributed by atoms with Crippen LogP contribution >= 0.6 is 0 Å². The fraction of sp³-hybridized carbons (Fsp3) is 0.500. The number of hydrogen-bond acceptors (Lipinski definition) is 3. The van der Waals surface area contributed by atoms with Gasteiger partial charge in [0, 0.05) is 12.7 Å². The molecule has 84 valence electrons. The van der Waals surface area contributed by atoms with Crippen LogP contribution in [0.2, 0.25) is 0 Å². The van der Waals surface area contributed by atoms with Crippen molar-refractivity contribution in [3.63, 3.8) is 0 Å². The maximum absolute atomic E-state index is 9.24. The van der Waals surface area contributed by atoms with Gasteiger partial charge >= 0.3 is 0 Å². The summed E-state index contributed by atoms with van der Waals surface area (Å²) in [5, 5.41) is 27.1. The molecule has 15 heavy (non-hydrogen) atoms. The third-order valence-electron chi connectivity index (χ3n) is 2.34. The summed E-state index contributed by atoms with van der Waals surface area (Å²) in [5.41, 5.74) is 0.955. The Bertz CT molecular complexity index is 277. The zero-order valence-electron chi connectivity index (χ0n) is 8.82. The Labute approximate surface area is 90.0 Å². The molecular formula is C12H18O3. The molecule has 0 atom stereocenters. The predicted molar refractivity (Wildman–Crippen MR) is 59.0 cm³/mol. The maximum Gasteiger partial charge on any atom is 0.119 e. The van der Waals surface area contributed by atoms with E-state index in [2.05, 4.69) is 0 Å². The SMILES string of the molecule is OCCCCCCc1cc(O)cc(O)c1. The molecular weight excluding hydrogens is 192 g/mol. The van der Waals surface area contributed by atoms with Crippen LogP contribution in [-0.4, -0.2) is 21.9 Å². The van der Waals surface area contributed by atoms with Crippen molar-refractivity contribution in [1.82, 2.24) is 0 Å². The summed E-state index contributed by atoms with van der Waals surface area (Å²) < 4.78 is 0. The van der Waals surface area contributed by atoms with Crippen LogP contribution in [0.5, 0.6) is 11.5 Å². The molecule has 1 aromatic rings. The standard InChI is InChI=1S/C12H18O3/c13-6-4-2-1-3-5-10-7-11(14)9-12(15)8-10/h7-9,13-15H,1-6H2. The number of aliphatic hydroxyl groups excluding tert-OH is 1. The number of unbranched alkanes of at least 4 members (excludes halogenated alkanes) is 3. The first-order chi connectivity index (χ1) is 7.22. The van der Waals surface area contributed by atoms with Crippen molar-refractivity contribution in [3.05, 3.63) is 23.8 Å². The Hall–Kier alpha value is -1.22. The van der Waals surface area contributed by atoms with E-state index >= 15 is 0 Å². The third kappa shape index (κ3) is 4.70. The van der Waals surface area contributed by atoms with Crippen molar-refractivity contribution >= 4 is 0 Å². The normalized spacial score (nSPS) is 10.5. The van der Waals surface area contributed by atoms with Gasteiger partial charge in [-0.25, -0.2) is 0 Å². The van der Waals surface area contributed by atoms with Crippen molar-refractivity contribution < 1.29 is 15.3 Å². The van der Waals surface area contributed by atoms with E-state index in [1.807, 2.05) is 0 Å². The lowest BCUT2D eigenvalue weighted by atomic mass is 10.1. The Morgan fingerprint density at radius 2 is 1.40 bits per heavy atom. The van der Waals surface area contributed by atoms with Crippen molar-refractivity contribution in [2.45, 2.75) is 32.1 Å². The minimum atomic E-state index is 0.111. The Morgan fingerprint density at radius 3 is 2.00 bits per heavy atom. The first kappa shape index (κ1) is 11.9. The van der Waals surface area contributed by atoms with Crippen LogP contribution in [-0.2, 0) is 6.42 Å². The number of phenolic OH excluding ortho intramolecular Hbond substituents is 2. The first-order valence-electron chi connectivity index (χ1n) is 5.35. The zero-order valence-corrected chi connectivity index (χ0v) is 8.82.